The molecule has 2 fully saturated rings. The van der Waals surface area contributed by atoms with Gasteiger partial charge in [-0.05, 0) is 16.3 Å². The van der Waals surface area contributed by atoms with Gasteiger partial charge < -0.3 is 5.73 Å². The summed E-state index contributed by atoms with van der Waals surface area (Å²) in [5.74, 6) is -0.108. The lowest BCUT2D eigenvalue weighted by Crippen LogP contribution is -2.45. The van der Waals surface area contributed by atoms with Gasteiger partial charge in [-0.25, -0.2) is 0 Å². The van der Waals surface area contributed by atoms with Gasteiger partial charge in [0.25, 0.3) is 0 Å². The molecule has 2 aliphatic carbocycles. The van der Waals surface area contributed by atoms with Gasteiger partial charge in [-0.3, -0.25) is 4.79 Å². The van der Waals surface area contributed by atoms with Crippen LogP contribution in [-0.4, -0.2) is 22.1 Å². The van der Waals surface area contributed by atoms with Crippen LogP contribution in [0, 0.1) is 0 Å². The molecule has 2 saturated carbocycles. The highest BCUT2D eigenvalue weighted by Crippen LogP contribution is 2.43. The first-order valence-corrected chi connectivity index (χ1v) is 16.0. The van der Waals surface area contributed by atoms with Crippen LogP contribution >= 0.6 is 0 Å². The van der Waals surface area contributed by atoms with E-state index in [4.69, 9.17) is 5.73 Å². The van der Waals surface area contributed by atoms with Gasteiger partial charge in [0.15, 0.2) is 0 Å². The topological polar surface area (TPSA) is 43.1 Å². The minimum Gasteiger partial charge on any atom is -0.366 e. The highest BCUT2D eigenvalue weighted by Gasteiger charge is 2.41. The van der Waals surface area contributed by atoms with E-state index in [0.717, 1.165) is 16.3 Å². The first-order chi connectivity index (χ1) is 10.7. The maximum atomic E-state index is 12.4. The van der Waals surface area contributed by atoms with Crippen LogP contribution in [-0.2, 0) is 4.79 Å². The Bertz CT molecular complexity index is 444. The second-order valence-electron chi connectivity index (χ2n) is 9.14. The smallest absolute Gasteiger partial charge is 0.239 e. The van der Waals surface area contributed by atoms with E-state index in [1.807, 2.05) is 0 Å². The molecule has 132 valence electrons. The van der Waals surface area contributed by atoms with Crippen LogP contribution in [0.3, 0.4) is 0 Å². The van der Waals surface area contributed by atoms with E-state index in [2.05, 4.69) is 31.9 Å². The van der Waals surface area contributed by atoms with Crippen molar-refractivity contribution in [1.82, 2.24) is 0 Å². The Morgan fingerprint density at radius 1 is 0.826 bits per heavy atom. The van der Waals surface area contributed by atoms with Gasteiger partial charge in [0.2, 0.25) is 5.91 Å². The Balaban J connectivity index is 2.26. The summed E-state index contributed by atoms with van der Waals surface area (Å²) in [7, 11) is -3.28. The van der Waals surface area contributed by atoms with E-state index in [1.165, 1.54) is 64.2 Å². The molecule has 0 aliphatic heterocycles. The lowest BCUT2D eigenvalue weighted by atomic mass is 10.0. The van der Waals surface area contributed by atoms with Gasteiger partial charge in [0.05, 0.1) is 16.1 Å². The molecule has 2 N–H and O–H groups in total. The Kier molecular flexibility index (Phi) is 6.34. The summed E-state index contributed by atoms with van der Waals surface area (Å²) in [5.41, 5.74) is 9.98. The lowest BCUT2D eigenvalue weighted by molar-refractivity contribution is -0.114. The van der Waals surface area contributed by atoms with Crippen LogP contribution < -0.4 is 5.73 Å². The largest absolute Gasteiger partial charge is 0.366 e. The first kappa shape index (κ1) is 19.0. The molecule has 2 aliphatic rings. The van der Waals surface area contributed by atoms with E-state index in [-0.39, 0.29) is 5.91 Å². The second-order valence-corrected chi connectivity index (χ2v) is 18.7. The molecular weight excluding hydrogens is 314 g/mol. The van der Waals surface area contributed by atoms with Crippen molar-refractivity contribution in [3.63, 3.8) is 0 Å². The average molecular weight is 352 g/mol. The lowest BCUT2D eigenvalue weighted by Gasteiger charge is -2.39. The third-order valence-corrected chi connectivity index (χ3v) is 15.2. The maximum Gasteiger partial charge on any atom is 0.239 e. The number of nitrogens with two attached hydrogens (primary N) is 1. The Morgan fingerprint density at radius 3 is 1.70 bits per heavy atom. The summed E-state index contributed by atoms with van der Waals surface area (Å²) in [6.45, 7) is 9.75. The molecule has 0 aromatic rings. The highest BCUT2D eigenvalue weighted by molar-refractivity contribution is 6.93. The van der Waals surface area contributed by atoms with Gasteiger partial charge in [-0.15, -0.1) is 0 Å². The van der Waals surface area contributed by atoms with Gasteiger partial charge in [0, 0.05) is 0 Å². The van der Waals surface area contributed by atoms with Gasteiger partial charge in [0.1, 0.15) is 0 Å². The predicted molar refractivity (Wildman–Crippen MR) is 106 cm³/mol. The second kappa shape index (κ2) is 7.69. The van der Waals surface area contributed by atoms with E-state index in [9.17, 15) is 4.79 Å². The Hall–Kier alpha value is -0.356. The third-order valence-electron chi connectivity index (χ3n) is 6.76. The summed E-state index contributed by atoms with van der Waals surface area (Å²) in [5, 5.41) is 1.09. The number of hydrogen-bond acceptors (Lipinski definition) is 1. The van der Waals surface area contributed by atoms with Crippen molar-refractivity contribution in [2.45, 2.75) is 101 Å². The highest BCUT2D eigenvalue weighted by atomic mass is 28.3. The zero-order chi connectivity index (χ0) is 17.1. The summed E-state index contributed by atoms with van der Waals surface area (Å²) in [6.07, 6.45) is 13.6. The fourth-order valence-electron chi connectivity index (χ4n) is 4.96. The number of carbonyl (C=O) groups is 1. The first-order valence-electron chi connectivity index (χ1n) is 9.78. The summed E-state index contributed by atoms with van der Waals surface area (Å²) >= 11 is 0. The zero-order valence-corrected chi connectivity index (χ0v) is 17.8. The molecule has 0 aromatic carbocycles. The number of carbonyl (C=O) groups excluding carboxylic acids is 1. The quantitative estimate of drug-likeness (QED) is 0.511. The van der Waals surface area contributed by atoms with Crippen molar-refractivity contribution in [2.24, 2.45) is 5.73 Å². The molecule has 0 aromatic heterocycles. The van der Waals surface area contributed by atoms with Crippen LogP contribution in [0.1, 0.15) is 64.2 Å². The molecule has 0 atom stereocenters. The van der Waals surface area contributed by atoms with E-state index >= 15 is 0 Å². The molecular formula is C19H37NOSi2. The van der Waals surface area contributed by atoms with Gasteiger partial charge in [-0.1, -0.05) is 96.1 Å². The molecule has 2 rings (SSSR count). The standard InChI is InChI=1S/C19H37NOSi2/c1-22(2,16-11-7-5-8-12-16)15-18(19(20)21)23(3,4)17-13-9-6-10-14-17/h15-17H,5-14H2,1-4H3,(H2,20,21). The molecule has 0 spiro atoms. The molecule has 0 unspecified atom stereocenters. The molecule has 23 heavy (non-hydrogen) atoms. The van der Waals surface area contributed by atoms with Crippen LogP contribution in [0.2, 0.25) is 37.3 Å². The Labute approximate surface area is 145 Å². The van der Waals surface area contributed by atoms with Crippen LogP contribution in [0.15, 0.2) is 10.9 Å². The van der Waals surface area contributed by atoms with Crippen molar-refractivity contribution in [3.05, 3.63) is 10.9 Å². The van der Waals surface area contributed by atoms with Crippen molar-refractivity contribution < 1.29 is 4.79 Å². The molecule has 0 saturated heterocycles. The zero-order valence-electron chi connectivity index (χ0n) is 15.8. The van der Waals surface area contributed by atoms with Crippen LogP contribution in [0.5, 0.6) is 0 Å². The number of rotatable bonds is 5. The third kappa shape index (κ3) is 4.59. The van der Waals surface area contributed by atoms with E-state index in [0.29, 0.717) is 0 Å². The minimum absolute atomic E-state index is 0.108. The number of primary amides is 1. The molecule has 2 nitrogen and oxygen atoms in total. The van der Waals surface area contributed by atoms with Crippen molar-refractivity contribution in [1.29, 1.82) is 0 Å². The van der Waals surface area contributed by atoms with Gasteiger partial charge >= 0.3 is 0 Å². The predicted octanol–water partition coefficient (Wildman–Crippen LogP) is 5.56. The fourth-order valence-corrected chi connectivity index (χ4v) is 13.5. The normalized spacial score (nSPS) is 23.0. The maximum absolute atomic E-state index is 12.4. The molecule has 0 radical (unpaired) electrons. The van der Waals surface area contributed by atoms with Crippen molar-refractivity contribution >= 4 is 22.1 Å². The number of amides is 1. The monoisotopic (exact) mass is 351 g/mol. The summed E-state index contributed by atoms with van der Waals surface area (Å²) < 4.78 is 0. The molecule has 1 amide bonds. The molecule has 0 heterocycles. The average Bonchev–Trinajstić information content (AvgIpc) is 2.54. The number of hydrogen-bond donors (Lipinski definition) is 1. The summed E-state index contributed by atoms with van der Waals surface area (Å²) in [6, 6.07) is 0. The van der Waals surface area contributed by atoms with Crippen molar-refractivity contribution in [3.8, 4) is 0 Å². The summed E-state index contributed by atoms with van der Waals surface area (Å²) in [4.78, 5) is 12.4. The SMILES string of the molecule is C[Si](C)(C=C(C(N)=O)[Si](C)(C)C1CCCCC1)C1CCCCC1. The minimum atomic E-state index is -1.75. The van der Waals surface area contributed by atoms with E-state index < -0.39 is 16.1 Å². The van der Waals surface area contributed by atoms with Crippen LogP contribution in [0.4, 0.5) is 0 Å². The fraction of sp³-hybridized carbons (Fsp3) is 0.842. The van der Waals surface area contributed by atoms with Gasteiger partial charge in [-0.2, -0.15) is 0 Å². The van der Waals surface area contributed by atoms with Crippen LogP contribution in [0.25, 0.3) is 0 Å². The molecule has 0 bridgehead atoms. The van der Waals surface area contributed by atoms with Crippen molar-refractivity contribution in [2.75, 3.05) is 0 Å². The molecule has 4 heteroatoms. The van der Waals surface area contributed by atoms with E-state index in [1.54, 1.807) is 0 Å². The Morgan fingerprint density at radius 2 is 1.26 bits per heavy atom.